The molecule has 1 aliphatic carbocycles. The minimum atomic E-state index is -1.11. The minimum absolute atomic E-state index is 0.0470. The molecule has 1 aromatic heterocycles. The Balaban J connectivity index is 1.49. The predicted octanol–water partition coefficient (Wildman–Crippen LogP) is 1.28. The summed E-state index contributed by atoms with van der Waals surface area (Å²) in [7, 11) is 0. The van der Waals surface area contributed by atoms with Gasteiger partial charge in [0.2, 0.25) is 11.8 Å². The van der Waals surface area contributed by atoms with Crippen molar-refractivity contribution in [3.8, 4) is 0 Å². The second kappa shape index (κ2) is 8.73. The first-order chi connectivity index (χ1) is 13.8. The van der Waals surface area contributed by atoms with Gasteiger partial charge in [-0.05, 0) is 31.2 Å². The van der Waals surface area contributed by atoms with E-state index in [0.717, 1.165) is 29.1 Å². The fourth-order valence-electron chi connectivity index (χ4n) is 3.78. The van der Waals surface area contributed by atoms with Crippen LogP contribution in [0.4, 0.5) is 5.00 Å². The van der Waals surface area contributed by atoms with Gasteiger partial charge >= 0.3 is 5.97 Å². The lowest BCUT2D eigenvalue weighted by Gasteiger charge is -2.19. The molecule has 1 saturated carbocycles. The molecule has 29 heavy (non-hydrogen) atoms. The third kappa shape index (κ3) is 4.47. The number of esters is 1. The molecule has 10 heteroatoms. The summed E-state index contributed by atoms with van der Waals surface area (Å²) in [5.41, 5.74) is 5.40. The predicted molar refractivity (Wildman–Crippen MR) is 104 cm³/mol. The maximum atomic E-state index is 12.4. The second-order valence-corrected chi connectivity index (χ2v) is 8.14. The molecule has 1 saturated heterocycles. The number of ether oxygens (including phenoxy) is 1. The monoisotopic (exact) mass is 421 g/mol. The number of carbonyl (C=O) groups is 5. The Morgan fingerprint density at radius 1 is 1.24 bits per heavy atom. The molecule has 0 spiro atoms. The number of imide groups is 1. The number of hydrogen-bond donors (Lipinski definition) is 2. The van der Waals surface area contributed by atoms with Gasteiger partial charge in [0.15, 0.2) is 6.10 Å². The molecule has 2 fully saturated rings. The molecular formula is C19H23N3O6S. The number of thiophene rings is 1. The van der Waals surface area contributed by atoms with Crippen LogP contribution in [0.25, 0.3) is 0 Å². The number of hydrogen-bond acceptors (Lipinski definition) is 7. The van der Waals surface area contributed by atoms with Gasteiger partial charge in [0.05, 0.1) is 23.8 Å². The first kappa shape index (κ1) is 21.0. The molecule has 1 aromatic rings. The standard InChI is InChI=1S/C19H23N3O6S/c1-10(16(25)21-17-13(15(20)24)7-9-29-17)28-14(23)6-8-22-18(26)11-4-2-3-5-12(11)19(22)27/h7,9-12H,2-6,8H2,1H3,(H2,20,24)(H,21,25)/t10-,11-,12-/m0/s1. The zero-order valence-electron chi connectivity index (χ0n) is 16.0. The number of rotatable bonds is 7. The lowest BCUT2D eigenvalue weighted by Crippen LogP contribution is -2.35. The molecule has 0 radical (unpaired) electrons. The fourth-order valence-corrected chi connectivity index (χ4v) is 4.57. The maximum Gasteiger partial charge on any atom is 0.308 e. The molecule has 156 valence electrons. The van der Waals surface area contributed by atoms with Crippen molar-refractivity contribution in [1.29, 1.82) is 0 Å². The molecule has 2 aliphatic rings. The summed E-state index contributed by atoms with van der Waals surface area (Å²) in [5, 5.41) is 4.39. The summed E-state index contributed by atoms with van der Waals surface area (Å²) in [6, 6.07) is 1.49. The largest absolute Gasteiger partial charge is 0.452 e. The molecular weight excluding hydrogens is 398 g/mol. The molecule has 3 atom stereocenters. The molecule has 3 N–H and O–H groups in total. The quantitative estimate of drug-likeness (QED) is 0.503. The number of primary amides is 1. The number of fused-ring (bicyclic) bond motifs is 1. The highest BCUT2D eigenvalue weighted by Crippen LogP contribution is 2.38. The Labute approximate surface area is 171 Å². The summed E-state index contributed by atoms with van der Waals surface area (Å²) < 4.78 is 5.10. The Morgan fingerprint density at radius 2 is 1.86 bits per heavy atom. The van der Waals surface area contributed by atoms with Gasteiger partial charge in [0.1, 0.15) is 5.00 Å². The van der Waals surface area contributed by atoms with Crippen molar-refractivity contribution < 1.29 is 28.7 Å². The SMILES string of the molecule is C[C@H](OC(=O)CCN1C(=O)[C@H]2CCCC[C@@H]2C1=O)C(=O)Nc1sccc1C(N)=O. The van der Waals surface area contributed by atoms with E-state index in [9.17, 15) is 24.0 Å². The zero-order chi connectivity index (χ0) is 21.1. The van der Waals surface area contributed by atoms with Crippen LogP contribution in [0.1, 0.15) is 49.4 Å². The number of carbonyl (C=O) groups excluding carboxylic acids is 5. The molecule has 0 bridgehead atoms. The number of nitrogens with two attached hydrogens (primary N) is 1. The van der Waals surface area contributed by atoms with E-state index < -0.39 is 23.9 Å². The van der Waals surface area contributed by atoms with Gasteiger partial charge in [0, 0.05) is 6.54 Å². The Hall–Kier alpha value is -2.75. The van der Waals surface area contributed by atoms with E-state index in [-0.39, 0.29) is 47.2 Å². The highest BCUT2D eigenvalue weighted by molar-refractivity contribution is 7.14. The molecule has 2 heterocycles. The zero-order valence-corrected chi connectivity index (χ0v) is 16.8. The molecule has 0 unspecified atom stereocenters. The van der Waals surface area contributed by atoms with Crippen molar-refractivity contribution in [3.05, 3.63) is 17.0 Å². The molecule has 1 aliphatic heterocycles. The first-order valence-corrected chi connectivity index (χ1v) is 10.4. The number of anilines is 1. The third-order valence-electron chi connectivity index (χ3n) is 5.32. The number of likely N-dealkylation sites (tertiary alicyclic amines) is 1. The van der Waals surface area contributed by atoms with Crippen molar-refractivity contribution in [2.24, 2.45) is 17.6 Å². The lowest BCUT2D eigenvalue weighted by atomic mass is 9.81. The van der Waals surface area contributed by atoms with Gasteiger partial charge in [-0.2, -0.15) is 0 Å². The van der Waals surface area contributed by atoms with E-state index in [4.69, 9.17) is 10.5 Å². The number of amides is 4. The minimum Gasteiger partial charge on any atom is -0.452 e. The van der Waals surface area contributed by atoms with E-state index >= 15 is 0 Å². The van der Waals surface area contributed by atoms with Crippen LogP contribution < -0.4 is 11.1 Å². The van der Waals surface area contributed by atoms with Gasteiger partial charge < -0.3 is 15.8 Å². The van der Waals surface area contributed by atoms with E-state index in [2.05, 4.69) is 5.32 Å². The third-order valence-corrected chi connectivity index (χ3v) is 6.15. The summed E-state index contributed by atoms with van der Waals surface area (Å²) in [6.45, 7) is 1.35. The van der Waals surface area contributed by atoms with Crippen LogP contribution >= 0.6 is 11.3 Å². The average molecular weight is 421 g/mol. The Bertz CT molecular complexity index is 827. The van der Waals surface area contributed by atoms with E-state index in [1.165, 1.54) is 13.0 Å². The van der Waals surface area contributed by atoms with Crippen molar-refractivity contribution in [2.75, 3.05) is 11.9 Å². The Kier molecular flexibility index (Phi) is 6.31. The van der Waals surface area contributed by atoms with Crippen LogP contribution in [0.2, 0.25) is 0 Å². The fraction of sp³-hybridized carbons (Fsp3) is 0.526. The van der Waals surface area contributed by atoms with E-state index in [1.807, 2.05) is 0 Å². The van der Waals surface area contributed by atoms with E-state index in [0.29, 0.717) is 12.8 Å². The molecule has 0 aromatic carbocycles. The molecule has 9 nitrogen and oxygen atoms in total. The summed E-state index contributed by atoms with van der Waals surface area (Å²) in [5.74, 6) is -2.92. The summed E-state index contributed by atoms with van der Waals surface area (Å²) in [4.78, 5) is 61.6. The highest BCUT2D eigenvalue weighted by atomic mass is 32.1. The topological polar surface area (TPSA) is 136 Å². The van der Waals surface area contributed by atoms with Gasteiger partial charge in [-0.15, -0.1) is 11.3 Å². The smallest absolute Gasteiger partial charge is 0.308 e. The lowest BCUT2D eigenvalue weighted by molar-refractivity contribution is -0.154. The van der Waals surface area contributed by atoms with Gasteiger partial charge in [0.25, 0.3) is 11.8 Å². The Morgan fingerprint density at radius 3 is 2.45 bits per heavy atom. The van der Waals surface area contributed by atoms with Crippen molar-refractivity contribution in [3.63, 3.8) is 0 Å². The van der Waals surface area contributed by atoms with Crippen LogP contribution in [0.15, 0.2) is 11.4 Å². The van der Waals surface area contributed by atoms with Crippen LogP contribution in [0.3, 0.4) is 0 Å². The van der Waals surface area contributed by atoms with Crippen LogP contribution in [-0.4, -0.2) is 47.1 Å². The average Bonchev–Trinajstić information content (AvgIpc) is 3.24. The summed E-state index contributed by atoms with van der Waals surface area (Å²) in [6.07, 6.45) is 2.00. The van der Waals surface area contributed by atoms with E-state index in [1.54, 1.807) is 5.38 Å². The second-order valence-electron chi connectivity index (χ2n) is 7.22. The molecule has 3 rings (SSSR count). The maximum absolute atomic E-state index is 12.4. The van der Waals surface area contributed by atoms with Gasteiger partial charge in [-0.1, -0.05) is 12.8 Å². The van der Waals surface area contributed by atoms with Crippen LogP contribution in [0.5, 0.6) is 0 Å². The number of nitrogens with one attached hydrogen (secondary N) is 1. The van der Waals surface area contributed by atoms with Gasteiger partial charge in [-0.25, -0.2) is 0 Å². The van der Waals surface area contributed by atoms with Crippen LogP contribution in [0, 0.1) is 11.8 Å². The summed E-state index contributed by atoms with van der Waals surface area (Å²) >= 11 is 1.12. The normalized spacial score (nSPS) is 22.2. The van der Waals surface area contributed by atoms with Crippen LogP contribution in [-0.2, 0) is 23.9 Å². The van der Waals surface area contributed by atoms with Crippen molar-refractivity contribution in [1.82, 2.24) is 4.90 Å². The number of nitrogens with zero attached hydrogens (tertiary/aromatic N) is 1. The van der Waals surface area contributed by atoms with Gasteiger partial charge in [-0.3, -0.25) is 28.9 Å². The first-order valence-electron chi connectivity index (χ1n) is 9.52. The van der Waals surface area contributed by atoms with Crippen molar-refractivity contribution >= 4 is 45.9 Å². The molecule has 4 amide bonds. The highest BCUT2D eigenvalue weighted by Gasteiger charge is 2.47. The van der Waals surface area contributed by atoms with Crippen molar-refractivity contribution in [2.45, 2.75) is 45.1 Å².